The van der Waals surface area contributed by atoms with E-state index in [0.717, 1.165) is 11.1 Å². The van der Waals surface area contributed by atoms with Crippen molar-refractivity contribution in [2.75, 3.05) is 6.61 Å². The lowest BCUT2D eigenvalue weighted by Gasteiger charge is -2.20. The molecule has 0 saturated heterocycles. The van der Waals surface area contributed by atoms with Gasteiger partial charge in [0.1, 0.15) is 5.75 Å². The average molecular weight is 225 g/mol. The maximum absolute atomic E-state index is 10.6. The molecule has 78 valence electrons. The number of carboxylic acid groups (broad SMARTS) is 1. The number of ether oxygens (including phenoxy) is 1. The fourth-order valence-corrected chi connectivity index (χ4v) is 1.83. The third-order valence-corrected chi connectivity index (χ3v) is 2.53. The van der Waals surface area contributed by atoms with Gasteiger partial charge in [-0.25, -0.2) is 4.79 Å². The van der Waals surface area contributed by atoms with Crippen LogP contribution in [0.4, 0.5) is 0 Å². The number of hydrogen-bond acceptors (Lipinski definition) is 2. The van der Waals surface area contributed by atoms with Crippen molar-refractivity contribution in [2.24, 2.45) is 0 Å². The van der Waals surface area contributed by atoms with Gasteiger partial charge in [0.15, 0.2) is 0 Å². The third-order valence-electron chi connectivity index (χ3n) is 2.23. The Bertz CT molecular complexity index is 437. The average Bonchev–Trinajstić information content (AvgIpc) is 2.19. The quantitative estimate of drug-likeness (QED) is 0.746. The Balaban J connectivity index is 2.52. The van der Waals surface area contributed by atoms with Gasteiger partial charge >= 0.3 is 5.97 Å². The van der Waals surface area contributed by atoms with Crippen molar-refractivity contribution in [2.45, 2.75) is 6.42 Å². The van der Waals surface area contributed by atoms with E-state index in [9.17, 15) is 4.79 Å². The predicted molar refractivity (Wildman–Crippen MR) is 57.2 cm³/mol. The minimum atomic E-state index is -0.946. The van der Waals surface area contributed by atoms with Crippen LogP contribution in [-0.2, 0) is 4.79 Å². The highest BCUT2D eigenvalue weighted by Gasteiger charge is 2.18. The van der Waals surface area contributed by atoms with E-state index in [-0.39, 0.29) is 0 Å². The van der Waals surface area contributed by atoms with Crippen LogP contribution >= 0.6 is 11.6 Å². The van der Waals surface area contributed by atoms with Crippen LogP contribution in [0, 0.1) is 0 Å². The van der Waals surface area contributed by atoms with E-state index in [0.29, 0.717) is 23.8 Å². The van der Waals surface area contributed by atoms with Crippen LogP contribution in [-0.4, -0.2) is 17.7 Å². The smallest absolute Gasteiger partial charge is 0.328 e. The van der Waals surface area contributed by atoms with Gasteiger partial charge in [-0.3, -0.25) is 0 Å². The summed E-state index contributed by atoms with van der Waals surface area (Å²) in [7, 11) is 0. The van der Waals surface area contributed by atoms with Gasteiger partial charge in [-0.05, 0) is 11.6 Å². The van der Waals surface area contributed by atoms with Crippen LogP contribution in [0.2, 0.25) is 5.02 Å². The van der Waals surface area contributed by atoms with Crippen molar-refractivity contribution >= 4 is 23.1 Å². The normalized spacial score (nSPS) is 17.0. The minimum Gasteiger partial charge on any atom is -0.491 e. The molecule has 1 aliphatic heterocycles. The number of benzene rings is 1. The zero-order valence-electron chi connectivity index (χ0n) is 7.87. The summed E-state index contributed by atoms with van der Waals surface area (Å²) >= 11 is 5.94. The molecule has 0 spiro atoms. The first-order valence-electron chi connectivity index (χ1n) is 4.53. The summed E-state index contributed by atoms with van der Waals surface area (Å²) in [5.41, 5.74) is 1.53. The molecule has 0 saturated carbocycles. The Morgan fingerprint density at radius 3 is 3.07 bits per heavy atom. The number of fused-ring (bicyclic) bond motifs is 1. The van der Waals surface area contributed by atoms with E-state index in [1.54, 1.807) is 12.1 Å². The molecule has 0 aromatic heterocycles. The fourth-order valence-electron chi connectivity index (χ4n) is 1.61. The summed E-state index contributed by atoms with van der Waals surface area (Å²) in [6, 6.07) is 5.32. The van der Waals surface area contributed by atoms with Crippen molar-refractivity contribution in [1.82, 2.24) is 0 Å². The molecule has 0 atom stereocenters. The lowest BCUT2D eigenvalue weighted by Crippen LogP contribution is -2.09. The number of hydrogen-bond donors (Lipinski definition) is 1. The Morgan fingerprint density at radius 1 is 1.53 bits per heavy atom. The number of aliphatic carboxylic acids is 1. The molecule has 4 heteroatoms. The number of para-hydroxylation sites is 1. The van der Waals surface area contributed by atoms with Crippen molar-refractivity contribution in [3.8, 4) is 5.75 Å². The maximum Gasteiger partial charge on any atom is 0.328 e. The molecule has 1 aromatic carbocycles. The largest absolute Gasteiger partial charge is 0.491 e. The second-order valence-electron chi connectivity index (χ2n) is 3.22. The second kappa shape index (κ2) is 3.95. The Hall–Kier alpha value is -1.48. The van der Waals surface area contributed by atoms with Crippen molar-refractivity contribution in [3.05, 3.63) is 34.9 Å². The van der Waals surface area contributed by atoms with Gasteiger partial charge in [0.05, 0.1) is 11.6 Å². The van der Waals surface area contributed by atoms with Gasteiger partial charge in [0.25, 0.3) is 0 Å². The van der Waals surface area contributed by atoms with Gasteiger partial charge in [-0.1, -0.05) is 23.7 Å². The summed E-state index contributed by atoms with van der Waals surface area (Å²) < 4.78 is 5.40. The number of halogens is 1. The van der Waals surface area contributed by atoms with Crippen LogP contribution in [0.25, 0.3) is 5.57 Å². The van der Waals surface area contributed by atoms with Gasteiger partial charge in [-0.2, -0.15) is 0 Å². The van der Waals surface area contributed by atoms with E-state index in [4.69, 9.17) is 21.4 Å². The van der Waals surface area contributed by atoms with Crippen LogP contribution < -0.4 is 4.74 Å². The molecule has 0 bridgehead atoms. The van der Waals surface area contributed by atoms with E-state index in [2.05, 4.69) is 0 Å². The molecule has 0 fully saturated rings. The molecule has 1 N–H and O–H groups in total. The Morgan fingerprint density at radius 2 is 2.33 bits per heavy atom. The van der Waals surface area contributed by atoms with Crippen LogP contribution in [0.3, 0.4) is 0 Å². The first kappa shape index (κ1) is 10.1. The van der Waals surface area contributed by atoms with E-state index in [1.165, 1.54) is 6.08 Å². The monoisotopic (exact) mass is 224 g/mol. The minimum absolute atomic E-state index is 0.468. The number of carbonyl (C=O) groups is 1. The lowest BCUT2D eigenvalue weighted by atomic mass is 9.99. The molecule has 0 unspecified atom stereocenters. The highest BCUT2D eigenvalue weighted by atomic mass is 35.5. The van der Waals surface area contributed by atoms with Crippen molar-refractivity contribution in [3.63, 3.8) is 0 Å². The first-order chi connectivity index (χ1) is 7.18. The fraction of sp³-hybridized carbons (Fsp3) is 0.182. The van der Waals surface area contributed by atoms with Crippen molar-refractivity contribution in [1.29, 1.82) is 0 Å². The van der Waals surface area contributed by atoms with Gasteiger partial charge in [0.2, 0.25) is 0 Å². The molecule has 2 rings (SSSR count). The second-order valence-corrected chi connectivity index (χ2v) is 3.63. The molecule has 1 heterocycles. The van der Waals surface area contributed by atoms with Crippen LogP contribution in [0.5, 0.6) is 5.75 Å². The van der Waals surface area contributed by atoms with Gasteiger partial charge in [-0.15, -0.1) is 0 Å². The molecular formula is C11H9ClO3. The third kappa shape index (κ3) is 1.97. The molecular weight excluding hydrogens is 216 g/mol. The van der Waals surface area contributed by atoms with Gasteiger partial charge in [0, 0.05) is 18.1 Å². The molecule has 0 radical (unpaired) electrons. The molecule has 3 nitrogen and oxygen atoms in total. The van der Waals surface area contributed by atoms with E-state index < -0.39 is 5.97 Å². The highest BCUT2D eigenvalue weighted by Crippen LogP contribution is 2.37. The SMILES string of the molecule is O=C(O)/C=C1\CCOc2c(Cl)cccc21. The van der Waals surface area contributed by atoms with Crippen molar-refractivity contribution < 1.29 is 14.6 Å². The Labute approximate surface area is 91.9 Å². The van der Waals surface area contributed by atoms with Crippen LogP contribution in [0.1, 0.15) is 12.0 Å². The number of rotatable bonds is 1. The molecule has 1 aliphatic rings. The zero-order valence-corrected chi connectivity index (χ0v) is 8.62. The van der Waals surface area contributed by atoms with Gasteiger partial charge < -0.3 is 9.84 Å². The summed E-state index contributed by atoms with van der Waals surface area (Å²) in [6.07, 6.45) is 1.80. The topological polar surface area (TPSA) is 46.5 Å². The standard InChI is InChI=1S/C11H9ClO3/c12-9-3-1-2-8-7(6-10(13)14)4-5-15-11(8)9/h1-3,6H,4-5H2,(H,13,14)/b7-6+. The summed E-state index contributed by atoms with van der Waals surface area (Å²) in [5.74, 6) is -0.365. The first-order valence-corrected chi connectivity index (χ1v) is 4.91. The lowest BCUT2D eigenvalue weighted by molar-refractivity contribution is -0.131. The van der Waals surface area contributed by atoms with E-state index >= 15 is 0 Å². The van der Waals surface area contributed by atoms with E-state index in [1.807, 2.05) is 6.07 Å². The summed E-state index contributed by atoms with van der Waals surface area (Å²) in [4.78, 5) is 10.6. The zero-order chi connectivity index (χ0) is 10.8. The molecule has 15 heavy (non-hydrogen) atoms. The molecule has 0 aliphatic carbocycles. The highest BCUT2D eigenvalue weighted by molar-refractivity contribution is 6.32. The number of carboxylic acids is 1. The Kier molecular flexibility index (Phi) is 2.64. The summed E-state index contributed by atoms with van der Waals surface area (Å²) in [6.45, 7) is 0.468. The van der Waals surface area contributed by atoms with Crippen LogP contribution in [0.15, 0.2) is 24.3 Å². The predicted octanol–water partition coefficient (Wildman–Crippen LogP) is 2.59. The maximum atomic E-state index is 10.6. The molecule has 1 aromatic rings. The molecule has 0 amide bonds. The summed E-state index contributed by atoms with van der Waals surface area (Å²) in [5, 5.41) is 9.23.